The first kappa shape index (κ1) is 31.3. The fourth-order valence-electron chi connectivity index (χ4n) is 10.3. The van der Waals surface area contributed by atoms with Crippen LogP contribution >= 0.6 is 0 Å². The second kappa shape index (κ2) is 15.1. The van der Waals surface area contributed by atoms with Crippen LogP contribution in [-0.2, 0) is 0 Å². The summed E-state index contributed by atoms with van der Waals surface area (Å²) in [5.74, 6) is 7.42. The van der Waals surface area contributed by atoms with E-state index in [1.807, 2.05) is 0 Å². The summed E-state index contributed by atoms with van der Waals surface area (Å²) in [7, 11) is 0. The molecule has 3 N–H and O–H groups in total. The molecule has 1 saturated heterocycles. The van der Waals surface area contributed by atoms with Gasteiger partial charge in [-0.3, -0.25) is 0 Å². The molecular weight excluding hydrogens is 520 g/mol. The zero-order chi connectivity index (χ0) is 29.6. The molecule has 1 aliphatic heterocycles. The first-order chi connectivity index (χ1) is 21.1. The first-order valence-corrected chi connectivity index (χ1v) is 18.6. The van der Waals surface area contributed by atoms with Crippen molar-refractivity contribution >= 4 is 0 Å². The van der Waals surface area contributed by atoms with Crippen molar-refractivity contribution in [2.24, 2.45) is 64.9 Å². The van der Waals surface area contributed by atoms with E-state index in [9.17, 15) is 0 Å². The summed E-state index contributed by atoms with van der Waals surface area (Å²) in [4.78, 5) is 0. The lowest BCUT2D eigenvalue weighted by atomic mass is 9.61. The van der Waals surface area contributed by atoms with Gasteiger partial charge in [-0.2, -0.15) is 0 Å². The van der Waals surface area contributed by atoms with Crippen molar-refractivity contribution in [2.75, 3.05) is 13.1 Å². The van der Waals surface area contributed by atoms with Crippen molar-refractivity contribution in [2.45, 2.75) is 109 Å². The van der Waals surface area contributed by atoms with Crippen LogP contribution in [-0.4, -0.2) is 19.1 Å². The molecule has 0 radical (unpaired) electrons. The van der Waals surface area contributed by atoms with Crippen LogP contribution in [0.4, 0.5) is 0 Å². The minimum absolute atomic E-state index is 0.250. The Morgan fingerprint density at radius 3 is 2.53 bits per heavy atom. The third kappa shape index (κ3) is 7.44. The fourth-order valence-corrected chi connectivity index (χ4v) is 10.3. The molecule has 0 bridgehead atoms. The van der Waals surface area contributed by atoms with Crippen LogP contribution in [0.1, 0.15) is 103 Å². The molecule has 1 saturated carbocycles. The maximum absolute atomic E-state index is 6.74. The summed E-state index contributed by atoms with van der Waals surface area (Å²) in [5.41, 5.74) is 10.0. The van der Waals surface area contributed by atoms with E-state index < -0.39 is 0 Å². The Balaban J connectivity index is 1.04. The molecule has 236 valence electrons. The second-order valence-corrected chi connectivity index (χ2v) is 15.5. The van der Waals surface area contributed by atoms with E-state index >= 15 is 0 Å². The normalized spacial score (nSPS) is 37.5. The van der Waals surface area contributed by atoms with E-state index in [-0.39, 0.29) is 6.04 Å². The van der Waals surface area contributed by atoms with Crippen LogP contribution in [0.5, 0.6) is 0 Å². The molecule has 2 fully saturated rings. The molecule has 2 heteroatoms. The van der Waals surface area contributed by atoms with Crippen molar-refractivity contribution in [3.05, 3.63) is 72.4 Å². The fraction of sp³-hybridized carbons (Fsp3) is 0.707. The van der Waals surface area contributed by atoms with E-state index in [2.05, 4.69) is 73.5 Å². The van der Waals surface area contributed by atoms with Crippen LogP contribution in [0.3, 0.4) is 0 Å². The lowest BCUT2D eigenvalue weighted by Crippen LogP contribution is -2.34. The molecule has 6 aliphatic rings. The molecule has 11 unspecified atom stereocenters. The van der Waals surface area contributed by atoms with Gasteiger partial charge in [-0.05, 0) is 160 Å². The molecule has 0 amide bonds. The van der Waals surface area contributed by atoms with Gasteiger partial charge in [0, 0.05) is 6.04 Å². The Morgan fingerprint density at radius 2 is 1.74 bits per heavy atom. The largest absolute Gasteiger partial charge is 0.327 e. The van der Waals surface area contributed by atoms with E-state index in [0.29, 0.717) is 29.6 Å². The monoisotopic (exact) mass is 582 g/mol. The molecule has 43 heavy (non-hydrogen) atoms. The average Bonchev–Trinajstić information content (AvgIpc) is 3.58. The van der Waals surface area contributed by atoms with Gasteiger partial charge in [-0.25, -0.2) is 0 Å². The number of allylic oxidation sites excluding steroid dienone is 10. The minimum Gasteiger partial charge on any atom is -0.327 e. The van der Waals surface area contributed by atoms with E-state index in [0.717, 1.165) is 42.4 Å². The first-order valence-electron chi connectivity index (χ1n) is 18.6. The zero-order valence-corrected chi connectivity index (χ0v) is 27.4. The molecule has 11 atom stereocenters. The minimum atomic E-state index is 0.250. The highest BCUT2D eigenvalue weighted by atomic mass is 14.9. The summed E-state index contributed by atoms with van der Waals surface area (Å²) in [6.07, 6.45) is 42.7. The summed E-state index contributed by atoms with van der Waals surface area (Å²) in [5, 5.41) is 3.50. The van der Waals surface area contributed by atoms with Gasteiger partial charge < -0.3 is 11.1 Å². The van der Waals surface area contributed by atoms with Gasteiger partial charge in [-0.15, -0.1) is 6.58 Å². The Hall–Kier alpha value is -1.64. The summed E-state index contributed by atoms with van der Waals surface area (Å²) in [6, 6.07) is 0.250. The Kier molecular flexibility index (Phi) is 11.0. The summed E-state index contributed by atoms with van der Waals surface area (Å²) >= 11 is 0. The van der Waals surface area contributed by atoms with Gasteiger partial charge in [0.15, 0.2) is 0 Å². The van der Waals surface area contributed by atoms with Crippen molar-refractivity contribution in [1.29, 1.82) is 0 Å². The van der Waals surface area contributed by atoms with Gasteiger partial charge in [0.25, 0.3) is 0 Å². The van der Waals surface area contributed by atoms with Gasteiger partial charge >= 0.3 is 0 Å². The number of hydrogen-bond acceptors (Lipinski definition) is 2. The highest BCUT2D eigenvalue weighted by Gasteiger charge is 2.39. The number of nitrogens with two attached hydrogens (primary N) is 1. The number of rotatable bonds is 12. The van der Waals surface area contributed by atoms with Crippen molar-refractivity contribution in [3.63, 3.8) is 0 Å². The highest BCUT2D eigenvalue weighted by Crippen LogP contribution is 2.49. The highest BCUT2D eigenvalue weighted by molar-refractivity contribution is 5.42. The SMILES string of the molecule is C=CC(CCC(C)C1=C2C=CCCC2C(C2C=CC(C3C=CCC4CCCCC43)CC2)C=C1)C(N)CCCC1CCNC1. The lowest BCUT2D eigenvalue weighted by Gasteiger charge is -2.44. The van der Waals surface area contributed by atoms with Crippen LogP contribution in [0, 0.1) is 59.2 Å². The predicted octanol–water partition coefficient (Wildman–Crippen LogP) is 9.73. The predicted molar refractivity (Wildman–Crippen MR) is 184 cm³/mol. The van der Waals surface area contributed by atoms with E-state index in [1.165, 1.54) is 96.6 Å². The molecule has 0 spiro atoms. The van der Waals surface area contributed by atoms with Gasteiger partial charge in [-0.1, -0.05) is 80.9 Å². The number of fused-ring (bicyclic) bond motifs is 2. The zero-order valence-electron chi connectivity index (χ0n) is 27.4. The summed E-state index contributed by atoms with van der Waals surface area (Å²) in [6.45, 7) is 9.07. The molecule has 0 aromatic carbocycles. The molecule has 6 rings (SSSR count). The maximum Gasteiger partial charge on any atom is 0.0102 e. The standard InChI is InChI=1S/C41H62N2/c1-3-31(41(42)17-8-10-30-26-27-43-28-30)19-18-29(2)35-24-25-38(40-15-7-6-14-39(35)40)34-22-20-33(21-23-34)37-16-9-12-32-11-4-5-13-36(32)37/h3,6,9,14,16,20,22,24-25,29-34,36-38,40-41,43H,1,4-5,7-8,10-13,15,17-19,21,23,26-28,42H2,2H3. The van der Waals surface area contributed by atoms with Crippen LogP contribution < -0.4 is 11.1 Å². The maximum atomic E-state index is 6.74. The Labute approximate surface area is 264 Å². The average molecular weight is 583 g/mol. The molecule has 1 heterocycles. The molecule has 2 nitrogen and oxygen atoms in total. The van der Waals surface area contributed by atoms with Gasteiger partial charge in [0.05, 0.1) is 0 Å². The van der Waals surface area contributed by atoms with E-state index in [1.54, 1.807) is 11.1 Å². The van der Waals surface area contributed by atoms with Gasteiger partial charge in [0.2, 0.25) is 0 Å². The van der Waals surface area contributed by atoms with Gasteiger partial charge in [0.1, 0.15) is 0 Å². The topological polar surface area (TPSA) is 38.0 Å². The van der Waals surface area contributed by atoms with Crippen LogP contribution in [0.15, 0.2) is 72.4 Å². The molecule has 0 aromatic rings. The second-order valence-electron chi connectivity index (χ2n) is 15.5. The molecular formula is C41H62N2. The van der Waals surface area contributed by atoms with Crippen LogP contribution in [0.25, 0.3) is 0 Å². The third-order valence-electron chi connectivity index (χ3n) is 13.0. The third-order valence-corrected chi connectivity index (χ3v) is 13.0. The molecule has 0 aromatic heterocycles. The quantitative estimate of drug-likeness (QED) is 0.225. The molecule has 5 aliphatic carbocycles. The van der Waals surface area contributed by atoms with Crippen LogP contribution in [0.2, 0.25) is 0 Å². The lowest BCUT2D eigenvalue weighted by molar-refractivity contribution is 0.139. The summed E-state index contributed by atoms with van der Waals surface area (Å²) < 4.78 is 0. The van der Waals surface area contributed by atoms with Crippen molar-refractivity contribution in [3.8, 4) is 0 Å². The number of nitrogens with one attached hydrogen (secondary N) is 1. The van der Waals surface area contributed by atoms with Crippen molar-refractivity contribution < 1.29 is 0 Å². The van der Waals surface area contributed by atoms with E-state index in [4.69, 9.17) is 5.73 Å². The Bertz CT molecular complexity index is 1070. The van der Waals surface area contributed by atoms with Crippen molar-refractivity contribution in [1.82, 2.24) is 5.32 Å². The number of hydrogen-bond donors (Lipinski definition) is 2. The smallest absolute Gasteiger partial charge is 0.0102 e. The Morgan fingerprint density at radius 1 is 0.907 bits per heavy atom.